The van der Waals surface area contributed by atoms with Crippen LogP contribution in [0.15, 0.2) is 5.16 Å². The van der Waals surface area contributed by atoms with Crippen LogP contribution in [0.25, 0.3) is 0 Å². The van der Waals surface area contributed by atoms with E-state index in [1.165, 1.54) is 11.8 Å². The van der Waals surface area contributed by atoms with Crippen LogP contribution in [0, 0.1) is 0 Å². The van der Waals surface area contributed by atoms with E-state index in [-0.39, 0.29) is 18.2 Å². The first kappa shape index (κ1) is 14.4. The molecule has 0 saturated carbocycles. The number of hydrogen-bond acceptors (Lipinski definition) is 7. The summed E-state index contributed by atoms with van der Waals surface area (Å²) in [6.45, 7) is 4.43. The van der Waals surface area contributed by atoms with Gasteiger partial charge in [-0.3, -0.25) is 9.59 Å². The molecule has 8 nitrogen and oxygen atoms in total. The first-order valence-electron chi connectivity index (χ1n) is 5.48. The van der Waals surface area contributed by atoms with Crippen molar-refractivity contribution in [1.82, 2.24) is 25.5 Å². The molecule has 0 bridgehead atoms. The molecule has 0 aliphatic carbocycles. The Morgan fingerprint density at radius 3 is 2.89 bits per heavy atom. The molecule has 0 atom stereocenters. The Morgan fingerprint density at radius 1 is 1.44 bits per heavy atom. The van der Waals surface area contributed by atoms with Gasteiger partial charge in [-0.15, -0.1) is 5.10 Å². The van der Waals surface area contributed by atoms with Gasteiger partial charge in [-0.25, -0.2) is 4.68 Å². The number of rotatable bonds is 7. The minimum absolute atomic E-state index is 0.119. The van der Waals surface area contributed by atoms with E-state index >= 15 is 0 Å². The van der Waals surface area contributed by atoms with E-state index in [9.17, 15) is 9.59 Å². The molecule has 1 aromatic rings. The standard InChI is InChI=1S/C9H15N5O3S/c1-3-14-9(11-12-13-14)18-6-7(15)10-5-8(16)17-4-2/h3-6H2,1-2H3,(H,10,15). The van der Waals surface area contributed by atoms with Gasteiger partial charge in [0.15, 0.2) is 0 Å². The van der Waals surface area contributed by atoms with E-state index in [2.05, 4.69) is 25.6 Å². The molecule has 0 aliphatic heterocycles. The van der Waals surface area contributed by atoms with E-state index in [1.54, 1.807) is 11.6 Å². The molecule has 0 aliphatic rings. The smallest absolute Gasteiger partial charge is 0.325 e. The number of carbonyl (C=O) groups excluding carboxylic acids is 2. The van der Waals surface area contributed by atoms with Gasteiger partial charge in [0, 0.05) is 6.54 Å². The molecule has 0 saturated heterocycles. The van der Waals surface area contributed by atoms with Gasteiger partial charge in [-0.2, -0.15) is 0 Å². The summed E-state index contributed by atoms with van der Waals surface area (Å²) in [5.74, 6) is -0.562. The van der Waals surface area contributed by atoms with Gasteiger partial charge in [-0.05, 0) is 24.3 Å². The Balaban J connectivity index is 2.27. The first-order valence-corrected chi connectivity index (χ1v) is 6.47. The quantitative estimate of drug-likeness (QED) is 0.526. The van der Waals surface area contributed by atoms with E-state index in [0.29, 0.717) is 18.3 Å². The SMILES string of the molecule is CCOC(=O)CNC(=O)CSc1nnnn1CC. The highest BCUT2D eigenvalue weighted by atomic mass is 32.2. The van der Waals surface area contributed by atoms with Crippen molar-refractivity contribution in [2.75, 3.05) is 18.9 Å². The predicted molar refractivity (Wildman–Crippen MR) is 63.9 cm³/mol. The maximum Gasteiger partial charge on any atom is 0.325 e. The number of amides is 1. The lowest BCUT2D eigenvalue weighted by molar-refractivity contribution is -0.143. The average molecular weight is 273 g/mol. The monoisotopic (exact) mass is 273 g/mol. The number of carbonyl (C=O) groups is 2. The van der Waals surface area contributed by atoms with Crippen LogP contribution >= 0.6 is 11.8 Å². The molecule has 0 fully saturated rings. The van der Waals surface area contributed by atoms with E-state index < -0.39 is 5.97 Å². The van der Waals surface area contributed by atoms with E-state index in [4.69, 9.17) is 0 Å². The zero-order chi connectivity index (χ0) is 13.4. The highest BCUT2D eigenvalue weighted by molar-refractivity contribution is 7.99. The van der Waals surface area contributed by atoms with Gasteiger partial charge in [0.05, 0.1) is 12.4 Å². The van der Waals surface area contributed by atoms with Crippen molar-refractivity contribution in [3.8, 4) is 0 Å². The summed E-state index contributed by atoms with van der Waals surface area (Å²) in [7, 11) is 0. The molecule has 9 heteroatoms. The maximum atomic E-state index is 11.4. The second-order valence-electron chi connectivity index (χ2n) is 3.15. The summed E-state index contributed by atoms with van der Waals surface area (Å²) in [5, 5.41) is 14.1. The summed E-state index contributed by atoms with van der Waals surface area (Å²) < 4.78 is 6.27. The van der Waals surface area contributed by atoms with Gasteiger partial charge in [-0.1, -0.05) is 11.8 Å². The number of tetrazole rings is 1. The molecular weight excluding hydrogens is 258 g/mol. The zero-order valence-corrected chi connectivity index (χ0v) is 11.1. The molecule has 1 rings (SSSR count). The van der Waals surface area contributed by atoms with Crippen molar-refractivity contribution in [2.45, 2.75) is 25.5 Å². The third-order valence-corrected chi connectivity index (χ3v) is 2.82. The van der Waals surface area contributed by atoms with Crippen LogP contribution in [0.2, 0.25) is 0 Å². The molecule has 1 heterocycles. The molecule has 100 valence electrons. The lowest BCUT2D eigenvalue weighted by atomic mass is 10.6. The Morgan fingerprint density at radius 2 is 2.22 bits per heavy atom. The van der Waals surface area contributed by atoms with Crippen LogP contribution in [0.3, 0.4) is 0 Å². The van der Waals surface area contributed by atoms with Gasteiger partial charge in [0.2, 0.25) is 11.1 Å². The fourth-order valence-electron chi connectivity index (χ4n) is 1.06. The lowest BCUT2D eigenvalue weighted by Crippen LogP contribution is -2.31. The largest absolute Gasteiger partial charge is 0.465 e. The highest BCUT2D eigenvalue weighted by Crippen LogP contribution is 2.12. The Labute approximate surface area is 108 Å². The topological polar surface area (TPSA) is 99.0 Å². The van der Waals surface area contributed by atoms with Crippen LogP contribution in [-0.2, 0) is 20.9 Å². The first-order chi connectivity index (χ1) is 8.67. The molecule has 1 N–H and O–H groups in total. The Kier molecular flexibility index (Phi) is 6.12. The number of nitrogens with one attached hydrogen (secondary N) is 1. The fraction of sp³-hybridized carbons (Fsp3) is 0.667. The van der Waals surface area contributed by atoms with E-state index in [0.717, 1.165) is 0 Å². The van der Waals surface area contributed by atoms with Crippen molar-refractivity contribution in [1.29, 1.82) is 0 Å². The highest BCUT2D eigenvalue weighted by Gasteiger charge is 2.10. The number of esters is 1. The van der Waals surface area contributed by atoms with Gasteiger partial charge in [0.25, 0.3) is 0 Å². The van der Waals surface area contributed by atoms with Crippen molar-refractivity contribution in [2.24, 2.45) is 0 Å². The minimum Gasteiger partial charge on any atom is -0.465 e. The Bertz CT molecular complexity index is 409. The molecule has 1 amide bonds. The number of ether oxygens (including phenoxy) is 1. The van der Waals surface area contributed by atoms with Crippen molar-refractivity contribution < 1.29 is 14.3 Å². The van der Waals surface area contributed by atoms with Gasteiger partial charge < -0.3 is 10.1 Å². The number of hydrogen-bond donors (Lipinski definition) is 1. The van der Waals surface area contributed by atoms with Crippen LogP contribution in [-0.4, -0.2) is 51.0 Å². The molecule has 0 unspecified atom stereocenters. The number of thioether (sulfide) groups is 1. The number of aromatic nitrogens is 4. The van der Waals surface area contributed by atoms with Crippen LogP contribution in [0.5, 0.6) is 0 Å². The average Bonchev–Trinajstić information content (AvgIpc) is 2.81. The summed E-state index contributed by atoms with van der Waals surface area (Å²) in [5.41, 5.74) is 0. The molecule has 0 spiro atoms. The van der Waals surface area contributed by atoms with Crippen LogP contribution < -0.4 is 5.32 Å². The summed E-state index contributed by atoms with van der Waals surface area (Å²) in [6.07, 6.45) is 0. The van der Waals surface area contributed by atoms with Crippen molar-refractivity contribution in [3.63, 3.8) is 0 Å². The maximum absolute atomic E-state index is 11.4. The van der Waals surface area contributed by atoms with Crippen molar-refractivity contribution >= 4 is 23.6 Å². The molecular formula is C9H15N5O3S. The predicted octanol–water partition coefficient (Wildman–Crippen LogP) is -0.536. The van der Waals surface area contributed by atoms with Crippen molar-refractivity contribution in [3.05, 3.63) is 0 Å². The molecule has 18 heavy (non-hydrogen) atoms. The van der Waals surface area contributed by atoms with Crippen LogP contribution in [0.1, 0.15) is 13.8 Å². The molecule has 1 aromatic heterocycles. The fourth-order valence-corrected chi connectivity index (χ4v) is 1.83. The van der Waals surface area contributed by atoms with Crippen LogP contribution in [0.4, 0.5) is 0 Å². The zero-order valence-electron chi connectivity index (χ0n) is 10.3. The summed E-state index contributed by atoms with van der Waals surface area (Å²) in [4.78, 5) is 22.4. The second-order valence-corrected chi connectivity index (χ2v) is 4.09. The van der Waals surface area contributed by atoms with Gasteiger partial charge >= 0.3 is 5.97 Å². The number of aryl methyl sites for hydroxylation is 1. The minimum atomic E-state index is -0.450. The van der Waals surface area contributed by atoms with E-state index in [1.807, 2.05) is 6.92 Å². The molecule has 0 radical (unpaired) electrons. The normalized spacial score (nSPS) is 10.1. The van der Waals surface area contributed by atoms with Gasteiger partial charge in [0.1, 0.15) is 6.54 Å². The summed E-state index contributed by atoms with van der Waals surface area (Å²) >= 11 is 1.21. The summed E-state index contributed by atoms with van der Waals surface area (Å²) in [6, 6.07) is 0. The third-order valence-electron chi connectivity index (χ3n) is 1.87. The second kappa shape index (κ2) is 7.64. The molecule has 0 aromatic carbocycles. The lowest BCUT2D eigenvalue weighted by Gasteiger charge is -2.04. The number of nitrogens with zero attached hydrogens (tertiary/aromatic N) is 4. The Hall–Kier alpha value is -1.64. The third kappa shape index (κ3) is 4.70.